The summed E-state index contributed by atoms with van der Waals surface area (Å²) in [6.07, 6.45) is 2.79. The van der Waals surface area contributed by atoms with Gasteiger partial charge in [-0.05, 0) is 35.9 Å². The van der Waals surface area contributed by atoms with Crippen LogP contribution in [0.3, 0.4) is 0 Å². The maximum atomic E-state index is 12.2. The molecule has 0 saturated heterocycles. The predicted molar refractivity (Wildman–Crippen MR) is 97.8 cm³/mol. The van der Waals surface area contributed by atoms with E-state index >= 15 is 0 Å². The zero-order valence-corrected chi connectivity index (χ0v) is 13.7. The third-order valence-corrected chi connectivity index (χ3v) is 3.61. The van der Waals surface area contributed by atoms with Crippen molar-refractivity contribution in [3.63, 3.8) is 0 Å². The smallest absolute Gasteiger partial charge is 0.193 e. The molecule has 0 bridgehead atoms. The number of ketones is 1. The molecule has 5 nitrogen and oxygen atoms in total. The van der Waals surface area contributed by atoms with Crippen LogP contribution in [0.5, 0.6) is 28.7 Å². The lowest BCUT2D eigenvalue weighted by Gasteiger charge is -2.06. The molecule has 0 aliphatic rings. The SMILES string of the molecule is O=C(/C=C/c1ccc(Oc2ccccc2)cc1)c1c(O)cc(O)cc1O. The summed E-state index contributed by atoms with van der Waals surface area (Å²) in [6, 6.07) is 18.5. The summed E-state index contributed by atoms with van der Waals surface area (Å²) < 4.78 is 5.69. The molecule has 0 aliphatic carbocycles. The van der Waals surface area contributed by atoms with Crippen LogP contribution < -0.4 is 4.74 Å². The monoisotopic (exact) mass is 348 g/mol. The second-order valence-corrected chi connectivity index (χ2v) is 5.54. The van der Waals surface area contributed by atoms with Gasteiger partial charge in [-0.2, -0.15) is 0 Å². The number of hydrogen-bond donors (Lipinski definition) is 3. The first-order valence-electron chi connectivity index (χ1n) is 7.83. The number of para-hydroxylation sites is 1. The maximum absolute atomic E-state index is 12.2. The zero-order valence-electron chi connectivity index (χ0n) is 13.7. The molecule has 0 radical (unpaired) electrons. The van der Waals surface area contributed by atoms with Crippen molar-refractivity contribution >= 4 is 11.9 Å². The number of rotatable bonds is 5. The first-order chi connectivity index (χ1) is 12.5. The molecule has 0 amide bonds. The van der Waals surface area contributed by atoms with Gasteiger partial charge in [0.25, 0.3) is 0 Å². The van der Waals surface area contributed by atoms with Gasteiger partial charge in [0.1, 0.15) is 34.3 Å². The van der Waals surface area contributed by atoms with Crippen LogP contribution >= 0.6 is 0 Å². The molecule has 0 saturated carbocycles. The van der Waals surface area contributed by atoms with Gasteiger partial charge in [-0.25, -0.2) is 0 Å². The van der Waals surface area contributed by atoms with E-state index in [-0.39, 0.29) is 11.3 Å². The summed E-state index contributed by atoms with van der Waals surface area (Å²) in [5.74, 6) is -0.482. The van der Waals surface area contributed by atoms with Gasteiger partial charge in [0.2, 0.25) is 0 Å². The van der Waals surface area contributed by atoms with Gasteiger partial charge in [-0.3, -0.25) is 4.79 Å². The average molecular weight is 348 g/mol. The largest absolute Gasteiger partial charge is 0.508 e. The van der Waals surface area contributed by atoms with Gasteiger partial charge in [0.05, 0.1) is 0 Å². The van der Waals surface area contributed by atoms with Crippen LogP contribution in [0.15, 0.2) is 72.8 Å². The van der Waals surface area contributed by atoms with Gasteiger partial charge < -0.3 is 20.1 Å². The lowest BCUT2D eigenvalue weighted by molar-refractivity contribution is 0.104. The molecule has 130 valence electrons. The van der Waals surface area contributed by atoms with E-state index in [0.29, 0.717) is 5.75 Å². The van der Waals surface area contributed by atoms with Crippen molar-refractivity contribution in [3.8, 4) is 28.7 Å². The fourth-order valence-electron chi connectivity index (χ4n) is 2.38. The van der Waals surface area contributed by atoms with Gasteiger partial charge in [0, 0.05) is 12.1 Å². The van der Waals surface area contributed by atoms with E-state index in [1.807, 2.05) is 30.3 Å². The number of aromatic hydroxyl groups is 3. The zero-order chi connectivity index (χ0) is 18.5. The molecule has 0 aromatic heterocycles. The lowest BCUT2D eigenvalue weighted by Crippen LogP contribution is -1.95. The molecule has 0 spiro atoms. The first-order valence-corrected chi connectivity index (χ1v) is 7.83. The van der Waals surface area contributed by atoms with Gasteiger partial charge >= 0.3 is 0 Å². The fourth-order valence-corrected chi connectivity index (χ4v) is 2.38. The van der Waals surface area contributed by atoms with Crippen molar-refractivity contribution < 1.29 is 24.9 Å². The Bertz CT molecular complexity index is 921. The first kappa shape index (κ1) is 17.1. The van der Waals surface area contributed by atoms with E-state index < -0.39 is 17.3 Å². The summed E-state index contributed by atoms with van der Waals surface area (Å²) >= 11 is 0. The number of benzene rings is 3. The van der Waals surface area contributed by atoms with Crippen LogP contribution in [0.2, 0.25) is 0 Å². The lowest BCUT2D eigenvalue weighted by atomic mass is 10.1. The molecule has 3 aromatic rings. The minimum atomic E-state index is -0.579. The van der Waals surface area contributed by atoms with E-state index in [2.05, 4.69) is 0 Å². The van der Waals surface area contributed by atoms with Crippen LogP contribution in [0.4, 0.5) is 0 Å². The van der Waals surface area contributed by atoms with Gasteiger partial charge in [-0.15, -0.1) is 0 Å². The summed E-state index contributed by atoms with van der Waals surface area (Å²) in [5, 5.41) is 28.7. The Morgan fingerprint density at radius 1 is 0.808 bits per heavy atom. The third kappa shape index (κ3) is 4.02. The molecule has 0 heterocycles. The number of carbonyl (C=O) groups excluding carboxylic acids is 1. The standard InChI is InChI=1S/C21H16O5/c22-15-12-19(24)21(20(25)13-15)18(23)11-8-14-6-9-17(10-7-14)26-16-4-2-1-3-5-16/h1-13,22,24-25H/b11-8+. The Hall–Kier alpha value is -3.73. The Balaban J connectivity index is 1.72. The molecule has 0 aliphatic heterocycles. The number of phenols is 3. The normalized spacial score (nSPS) is 10.8. The molecule has 5 heteroatoms. The van der Waals surface area contributed by atoms with Crippen molar-refractivity contribution in [1.82, 2.24) is 0 Å². The Kier molecular flexibility index (Phi) is 4.90. The minimum Gasteiger partial charge on any atom is -0.508 e. The number of allylic oxidation sites excluding steroid dienone is 1. The molecule has 26 heavy (non-hydrogen) atoms. The predicted octanol–water partition coefficient (Wildman–Crippen LogP) is 4.49. The highest BCUT2D eigenvalue weighted by Gasteiger charge is 2.15. The number of carbonyl (C=O) groups is 1. The second kappa shape index (κ2) is 7.44. The van der Waals surface area contributed by atoms with Crippen molar-refractivity contribution in [2.24, 2.45) is 0 Å². The molecular formula is C21H16O5. The molecule has 0 fully saturated rings. The van der Waals surface area contributed by atoms with E-state index in [0.717, 1.165) is 23.4 Å². The number of phenolic OH excluding ortho intramolecular Hbond substituents is 3. The number of hydrogen-bond acceptors (Lipinski definition) is 5. The summed E-state index contributed by atoms with van der Waals surface area (Å²) in [6.45, 7) is 0. The molecule has 0 unspecified atom stereocenters. The number of ether oxygens (including phenoxy) is 1. The van der Waals surface area contributed by atoms with Crippen molar-refractivity contribution in [2.45, 2.75) is 0 Å². The van der Waals surface area contributed by atoms with E-state index in [1.54, 1.807) is 30.3 Å². The fraction of sp³-hybridized carbons (Fsp3) is 0. The Morgan fingerprint density at radius 3 is 2.00 bits per heavy atom. The van der Waals surface area contributed by atoms with Gasteiger partial charge in [0.15, 0.2) is 5.78 Å². The molecular weight excluding hydrogens is 332 g/mol. The van der Waals surface area contributed by atoms with E-state index in [4.69, 9.17) is 4.74 Å². The van der Waals surface area contributed by atoms with Gasteiger partial charge in [-0.1, -0.05) is 36.4 Å². The second-order valence-electron chi connectivity index (χ2n) is 5.54. The average Bonchev–Trinajstić information content (AvgIpc) is 2.61. The van der Waals surface area contributed by atoms with E-state index in [9.17, 15) is 20.1 Å². The third-order valence-electron chi connectivity index (χ3n) is 3.61. The van der Waals surface area contributed by atoms with Crippen molar-refractivity contribution in [1.29, 1.82) is 0 Å². The molecule has 3 aromatic carbocycles. The maximum Gasteiger partial charge on any atom is 0.193 e. The van der Waals surface area contributed by atoms with E-state index in [1.165, 1.54) is 6.08 Å². The highest BCUT2D eigenvalue weighted by atomic mass is 16.5. The summed E-state index contributed by atoms with van der Waals surface area (Å²) in [4.78, 5) is 12.2. The topological polar surface area (TPSA) is 87.0 Å². The van der Waals surface area contributed by atoms with Crippen molar-refractivity contribution in [3.05, 3.63) is 83.9 Å². The highest BCUT2D eigenvalue weighted by Crippen LogP contribution is 2.32. The molecule has 3 rings (SSSR count). The summed E-state index contributed by atoms with van der Waals surface area (Å²) in [5.41, 5.74) is 0.486. The van der Waals surface area contributed by atoms with Crippen LogP contribution in [0, 0.1) is 0 Å². The Labute approximate surface area is 150 Å². The van der Waals surface area contributed by atoms with Crippen LogP contribution in [-0.4, -0.2) is 21.1 Å². The van der Waals surface area contributed by atoms with Crippen LogP contribution in [0.1, 0.15) is 15.9 Å². The Morgan fingerprint density at radius 2 is 1.38 bits per heavy atom. The van der Waals surface area contributed by atoms with Crippen molar-refractivity contribution in [2.75, 3.05) is 0 Å². The minimum absolute atomic E-state index is 0.261. The van der Waals surface area contributed by atoms with Crippen LogP contribution in [0.25, 0.3) is 6.08 Å². The summed E-state index contributed by atoms with van der Waals surface area (Å²) in [7, 11) is 0. The van der Waals surface area contributed by atoms with Crippen LogP contribution in [-0.2, 0) is 0 Å². The molecule has 0 atom stereocenters. The highest BCUT2D eigenvalue weighted by molar-refractivity contribution is 6.10. The quantitative estimate of drug-likeness (QED) is 0.467. The molecule has 3 N–H and O–H groups in total.